The SMILES string of the molecule is Cc1ncsc1CNS(=O)(=O)c1cc(C(=O)O)ccc1F. The van der Waals surface area contributed by atoms with Crippen molar-refractivity contribution in [3.63, 3.8) is 0 Å². The third-order valence-electron chi connectivity index (χ3n) is 2.74. The molecule has 0 bridgehead atoms. The van der Waals surface area contributed by atoms with Gasteiger partial charge in [-0.1, -0.05) is 0 Å². The molecule has 0 aliphatic carbocycles. The maximum Gasteiger partial charge on any atom is 0.335 e. The monoisotopic (exact) mass is 330 g/mol. The number of hydrogen-bond donors (Lipinski definition) is 2. The molecule has 2 aromatic rings. The fourth-order valence-corrected chi connectivity index (χ4v) is 3.48. The van der Waals surface area contributed by atoms with E-state index >= 15 is 0 Å². The highest BCUT2D eigenvalue weighted by Crippen LogP contribution is 2.18. The molecule has 6 nitrogen and oxygen atoms in total. The average molecular weight is 330 g/mol. The molecule has 0 unspecified atom stereocenters. The summed E-state index contributed by atoms with van der Waals surface area (Å²) in [6, 6.07) is 2.61. The van der Waals surface area contributed by atoms with Crippen LogP contribution >= 0.6 is 11.3 Å². The van der Waals surface area contributed by atoms with E-state index in [4.69, 9.17) is 5.11 Å². The number of aryl methyl sites for hydroxylation is 1. The molecule has 21 heavy (non-hydrogen) atoms. The normalized spacial score (nSPS) is 11.5. The number of carboxylic acids is 1. The third-order valence-corrected chi connectivity index (χ3v) is 5.09. The van der Waals surface area contributed by atoms with E-state index < -0.39 is 26.7 Å². The highest BCUT2D eigenvalue weighted by molar-refractivity contribution is 7.89. The van der Waals surface area contributed by atoms with Crippen molar-refractivity contribution in [3.8, 4) is 0 Å². The molecule has 0 atom stereocenters. The Morgan fingerprint density at radius 2 is 2.19 bits per heavy atom. The standard InChI is InChI=1S/C12H11FN2O4S2/c1-7-10(20-6-14-7)5-15-21(18,19)11-4-8(12(16)17)2-3-9(11)13/h2-4,6,15H,5H2,1H3,(H,16,17). The first-order valence-corrected chi connectivity index (χ1v) is 8.09. The molecule has 2 N–H and O–H groups in total. The van der Waals surface area contributed by atoms with Crippen molar-refractivity contribution < 1.29 is 22.7 Å². The van der Waals surface area contributed by atoms with E-state index in [0.717, 1.165) is 18.2 Å². The van der Waals surface area contributed by atoms with Gasteiger partial charge in [0.15, 0.2) is 0 Å². The Balaban J connectivity index is 2.29. The fourth-order valence-electron chi connectivity index (χ4n) is 1.58. The van der Waals surface area contributed by atoms with Gasteiger partial charge in [0.2, 0.25) is 10.0 Å². The van der Waals surface area contributed by atoms with Crippen LogP contribution in [0.15, 0.2) is 28.6 Å². The van der Waals surface area contributed by atoms with Crippen molar-refractivity contribution >= 4 is 27.3 Å². The van der Waals surface area contributed by atoms with Gasteiger partial charge in [-0.3, -0.25) is 0 Å². The lowest BCUT2D eigenvalue weighted by Crippen LogP contribution is -2.24. The Morgan fingerprint density at radius 3 is 2.76 bits per heavy atom. The average Bonchev–Trinajstić information content (AvgIpc) is 2.82. The molecule has 2 rings (SSSR count). The summed E-state index contributed by atoms with van der Waals surface area (Å²) in [6.07, 6.45) is 0. The van der Waals surface area contributed by atoms with E-state index in [2.05, 4.69) is 9.71 Å². The Morgan fingerprint density at radius 1 is 1.48 bits per heavy atom. The first kappa shape index (κ1) is 15.5. The van der Waals surface area contributed by atoms with E-state index in [9.17, 15) is 17.6 Å². The van der Waals surface area contributed by atoms with Crippen LogP contribution in [0.25, 0.3) is 0 Å². The molecule has 0 fully saturated rings. The van der Waals surface area contributed by atoms with Gasteiger partial charge < -0.3 is 5.11 Å². The number of halogens is 1. The summed E-state index contributed by atoms with van der Waals surface area (Å²) < 4.78 is 40.0. The number of benzene rings is 1. The van der Waals surface area contributed by atoms with Gasteiger partial charge in [-0.05, 0) is 25.1 Å². The van der Waals surface area contributed by atoms with Crippen LogP contribution in [0.1, 0.15) is 20.9 Å². The van der Waals surface area contributed by atoms with Crippen molar-refractivity contribution in [3.05, 3.63) is 45.7 Å². The molecule has 9 heteroatoms. The van der Waals surface area contributed by atoms with E-state index in [1.165, 1.54) is 11.3 Å². The molecule has 0 aliphatic rings. The van der Waals surface area contributed by atoms with Gasteiger partial charge in [-0.25, -0.2) is 27.3 Å². The molecular formula is C12H11FN2O4S2. The van der Waals surface area contributed by atoms with Crippen LogP contribution < -0.4 is 4.72 Å². The highest BCUT2D eigenvalue weighted by atomic mass is 32.2. The smallest absolute Gasteiger partial charge is 0.335 e. The van der Waals surface area contributed by atoms with Gasteiger partial charge in [-0.15, -0.1) is 11.3 Å². The van der Waals surface area contributed by atoms with Gasteiger partial charge in [-0.2, -0.15) is 0 Å². The number of rotatable bonds is 5. The van der Waals surface area contributed by atoms with Crippen LogP contribution in [0.2, 0.25) is 0 Å². The maximum atomic E-state index is 13.7. The Kier molecular flexibility index (Phi) is 4.35. The quantitative estimate of drug-likeness (QED) is 0.871. The summed E-state index contributed by atoms with van der Waals surface area (Å²) in [7, 11) is -4.15. The number of nitrogens with one attached hydrogen (secondary N) is 1. The Hall–Kier alpha value is -1.84. The third kappa shape index (κ3) is 3.43. The minimum absolute atomic E-state index is 0.0322. The summed E-state index contributed by atoms with van der Waals surface area (Å²) in [6.45, 7) is 1.70. The van der Waals surface area contributed by atoms with E-state index in [1.807, 2.05) is 0 Å². The Bertz CT molecular complexity index is 786. The minimum atomic E-state index is -4.15. The fraction of sp³-hybridized carbons (Fsp3) is 0.167. The van der Waals surface area contributed by atoms with Crippen molar-refractivity contribution in [1.82, 2.24) is 9.71 Å². The molecule has 0 spiro atoms. The molecule has 1 heterocycles. The largest absolute Gasteiger partial charge is 0.478 e. The van der Waals surface area contributed by atoms with Gasteiger partial charge in [0.1, 0.15) is 10.7 Å². The van der Waals surface area contributed by atoms with E-state index in [0.29, 0.717) is 10.6 Å². The van der Waals surface area contributed by atoms with Crippen LogP contribution in [0.5, 0.6) is 0 Å². The summed E-state index contributed by atoms with van der Waals surface area (Å²) in [4.78, 5) is 14.8. The number of carboxylic acid groups (broad SMARTS) is 1. The van der Waals surface area contributed by atoms with Crippen molar-refractivity contribution in [2.24, 2.45) is 0 Å². The van der Waals surface area contributed by atoms with Gasteiger partial charge >= 0.3 is 5.97 Å². The molecule has 1 aromatic heterocycles. The summed E-state index contributed by atoms with van der Waals surface area (Å²) in [5.74, 6) is -2.33. The zero-order valence-corrected chi connectivity index (χ0v) is 12.5. The van der Waals surface area contributed by atoms with Crippen LogP contribution in [0.3, 0.4) is 0 Å². The second-order valence-electron chi connectivity index (χ2n) is 4.14. The topological polar surface area (TPSA) is 96.4 Å². The van der Waals surface area contributed by atoms with Gasteiger partial charge in [0.05, 0.1) is 16.8 Å². The summed E-state index contributed by atoms with van der Waals surface area (Å²) in [5, 5.41) is 8.84. The van der Waals surface area contributed by atoms with E-state index in [-0.39, 0.29) is 12.1 Å². The van der Waals surface area contributed by atoms with Crippen LogP contribution in [-0.2, 0) is 16.6 Å². The van der Waals surface area contributed by atoms with Crippen molar-refractivity contribution in [2.75, 3.05) is 0 Å². The molecule has 0 radical (unpaired) electrons. The van der Waals surface area contributed by atoms with Crippen molar-refractivity contribution in [1.29, 1.82) is 0 Å². The number of sulfonamides is 1. The highest BCUT2D eigenvalue weighted by Gasteiger charge is 2.21. The molecular weight excluding hydrogens is 319 g/mol. The van der Waals surface area contributed by atoms with Crippen molar-refractivity contribution in [2.45, 2.75) is 18.4 Å². The number of carbonyl (C=O) groups is 1. The number of hydrogen-bond acceptors (Lipinski definition) is 5. The first-order valence-electron chi connectivity index (χ1n) is 5.73. The minimum Gasteiger partial charge on any atom is -0.478 e. The number of nitrogens with zero attached hydrogens (tertiary/aromatic N) is 1. The van der Waals surface area contributed by atoms with Crippen LogP contribution in [0, 0.1) is 12.7 Å². The van der Waals surface area contributed by atoms with Crippen LogP contribution in [0.4, 0.5) is 4.39 Å². The molecule has 112 valence electrons. The predicted molar refractivity (Wildman–Crippen MR) is 74.2 cm³/mol. The van der Waals surface area contributed by atoms with Crippen LogP contribution in [-0.4, -0.2) is 24.5 Å². The predicted octanol–water partition coefficient (Wildman–Crippen LogP) is 1.77. The second kappa shape index (κ2) is 5.88. The molecule has 0 amide bonds. The summed E-state index contributed by atoms with van der Waals surface area (Å²) in [5.41, 5.74) is 1.96. The second-order valence-corrected chi connectivity index (χ2v) is 6.81. The lowest BCUT2D eigenvalue weighted by Gasteiger charge is -2.08. The maximum absolute atomic E-state index is 13.7. The lowest BCUT2D eigenvalue weighted by molar-refractivity contribution is 0.0696. The molecule has 1 aromatic carbocycles. The zero-order valence-electron chi connectivity index (χ0n) is 10.8. The number of thiazole rings is 1. The van der Waals surface area contributed by atoms with E-state index in [1.54, 1.807) is 12.4 Å². The first-order chi connectivity index (χ1) is 9.81. The van der Waals surface area contributed by atoms with Gasteiger partial charge in [0, 0.05) is 11.4 Å². The number of aromatic nitrogens is 1. The molecule has 0 saturated carbocycles. The number of aromatic carboxylic acids is 1. The van der Waals surface area contributed by atoms with Gasteiger partial charge in [0.25, 0.3) is 0 Å². The summed E-state index contributed by atoms with van der Waals surface area (Å²) >= 11 is 1.27. The Labute approximate surface area is 124 Å². The molecule has 0 aliphatic heterocycles. The lowest BCUT2D eigenvalue weighted by atomic mass is 10.2. The zero-order chi connectivity index (χ0) is 15.6. The molecule has 0 saturated heterocycles.